The van der Waals surface area contributed by atoms with Crippen LogP contribution in [0.3, 0.4) is 0 Å². The van der Waals surface area contributed by atoms with Crippen molar-refractivity contribution in [1.82, 2.24) is 0 Å². The maximum atomic E-state index is 13.2. The summed E-state index contributed by atoms with van der Waals surface area (Å²) in [4.78, 5) is 1.01. The van der Waals surface area contributed by atoms with Gasteiger partial charge in [-0.2, -0.15) is 5.26 Å². The second kappa shape index (κ2) is 6.26. The SMILES string of the molecule is CSc1ccccc1OCc1cc(F)ccc1C#N. The molecule has 0 aliphatic rings. The van der Waals surface area contributed by atoms with E-state index in [1.165, 1.54) is 18.2 Å². The quantitative estimate of drug-likeness (QED) is 0.789. The van der Waals surface area contributed by atoms with Crippen molar-refractivity contribution in [3.63, 3.8) is 0 Å². The number of ether oxygens (including phenoxy) is 1. The van der Waals surface area contributed by atoms with Crippen LogP contribution >= 0.6 is 11.8 Å². The fourth-order valence-corrected chi connectivity index (χ4v) is 2.23. The molecule has 0 saturated heterocycles. The minimum Gasteiger partial charge on any atom is -0.488 e. The number of nitrogens with zero attached hydrogens (tertiary/aromatic N) is 1. The Bertz CT molecular complexity index is 622. The van der Waals surface area contributed by atoms with Crippen LogP contribution in [-0.2, 0) is 6.61 Å². The monoisotopic (exact) mass is 273 g/mol. The Morgan fingerprint density at radius 1 is 1.26 bits per heavy atom. The smallest absolute Gasteiger partial charge is 0.133 e. The van der Waals surface area contributed by atoms with E-state index in [2.05, 4.69) is 0 Å². The first-order valence-corrected chi connectivity index (χ1v) is 6.91. The maximum Gasteiger partial charge on any atom is 0.133 e. The summed E-state index contributed by atoms with van der Waals surface area (Å²) in [5.74, 6) is 0.374. The lowest BCUT2D eigenvalue weighted by atomic mass is 10.1. The molecule has 0 aliphatic heterocycles. The van der Waals surface area contributed by atoms with Crippen LogP contribution in [0.25, 0.3) is 0 Å². The van der Waals surface area contributed by atoms with Gasteiger partial charge in [-0.25, -0.2) is 4.39 Å². The number of rotatable bonds is 4. The van der Waals surface area contributed by atoms with Crippen LogP contribution in [0.1, 0.15) is 11.1 Å². The molecular weight excluding hydrogens is 261 g/mol. The largest absolute Gasteiger partial charge is 0.488 e. The number of halogens is 1. The highest BCUT2D eigenvalue weighted by molar-refractivity contribution is 7.98. The molecule has 2 rings (SSSR count). The summed E-state index contributed by atoms with van der Waals surface area (Å²) < 4.78 is 18.9. The minimum atomic E-state index is -0.365. The molecule has 0 aromatic heterocycles. The highest BCUT2D eigenvalue weighted by atomic mass is 32.2. The molecule has 0 bridgehead atoms. The van der Waals surface area contributed by atoms with Crippen molar-refractivity contribution < 1.29 is 9.13 Å². The number of benzene rings is 2. The number of nitriles is 1. The van der Waals surface area contributed by atoms with E-state index in [0.717, 1.165) is 10.6 Å². The Morgan fingerprint density at radius 2 is 2.05 bits per heavy atom. The van der Waals surface area contributed by atoms with E-state index in [1.807, 2.05) is 36.6 Å². The van der Waals surface area contributed by atoms with E-state index < -0.39 is 0 Å². The Hall–Kier alpha value is -1.99. The molecular formula is C15H12FNOS. The second-order valence-electron chi connectivity index (χ2n) is 3.85. The molecule has 4 heteroatoms. The maximum absolute atomic E-state index is 13.2. The molecule has 0 amide bonds. The van der Waals surface area contributed by atoms with Crippen molar-refractivity contribution in [2.45, 2.75) is 11.5 Å². The first-order chi connectivity index (χ1) is 9.24. The van der Waals surface area contributed by atoms with Crippen molar-refractivity contribution in [3.05, 3.63) is 59.4 Å². The van der Waals surface area contributed by atoms with E-state index >= 15 is 0 Å². The van der Waals surface area contributed by atoms with Crippen molar-refractivity contribution in [3.8, 4) is 11.8 Å². The molecule has 2 aromatic rings. The zero-order chi connectivity index (χ0) is 13.7. The number of hydrogen-bond acceptors (Lipinski definition) is 3. The first-order valence-electron chi connectivity index (χ1n) is 5.69. The van der Waals surface area contributed by atoms with Crippen molar-refractivity contribution in [1.29, 1.82) is 5.26 Å². The summed E-state index contributed by atoms with van der Waals surface area (Å²) in [5, 5.41) is 8.98. The zero-order valence-corrected chi connectivity index (χ0v) is 11.2. The predicted octanol–water partition coefficient (Wildman–Crippen LogP) is 4.00. The van der Waals surface area contributed by atoms with Gasteiger partial charge in [0, 0.05) is 10.5 Å². The average molecular weight is 273 g/mol. The minimum absolute atomic E-state index is 0.179. The summed E-state index contributed by atoms with van der Waals surface area (Å²) in [6, 6.07) is 13.7. The molecule has 0 unspecified atom stereocenters. The third-order valence-electron chi connectivity index (χ3n) is 2.64. The van der Waals surface area contributed by atoms with Gasteiger partial charge in [0.15, 0.2) is 0 Å². The molecule has 0 N–H and O–H groups in total. The van der Waals surface area contributed by atoms with E-state index in [-0.39, 0.29) is 12.4 Å². The lowest BCUT2D eigenvalue weighted by Crippen LogP contribution is -2.00. The lowest BCUT2D eigenvalue weighted by molar-refractivity contribution is 0.298. The number of thioether (sulfide) groups is 1. The third-order valence-corrected chi connectivity index (χ3v) is 3.42. The van der Waals surface area contributed by atoms with Crippen molar-refractivity contribution in [2.75, 3.05) is 6.26 Å². The molecule has 96 valence electrons. The summed E-state index contributed by atoms with van der Waals surface area (Å²) >= 11 is 1.58. The van der Waals surface area contributed by atoms with Gasteiger partial charge in [0.25, 0.3) is 0 Å². The summed E-state index contributed by atoms with van der Waals surface area (Å²) in [5.41, 5.74) is 0.987. The van der Waals surface area contributed by atoms with Crippen LogP contribution in [0.2, 0.25) is 0 Å². The van der Waals surface area contributed by atoms with Gasteiger partial charge in [0.05, 0.1) is 11.6 Å². The molecule has 0 atom stereocenters. The van der Waals surface area contributed by atoms with Gasteiger partial charge in [-0.05, 0) is 36.6 Å². The molecule has 19 heavy (non-hydrogen) atoms. The van der Waals surface area contributed by atoms with Crippen molar-refractivity contribution >= 4 is 11.8 Å². The van der Waals surface area contributed by atoms with Gasteiger partial charge in [-0.3, -0.25) is 0 Å². The molecule has 0 aliphatic carbocycles. The average Bonchev–Trinajstić information content (AvgIpc) is 2.45. The Kier molecular flexibility index (Phi) is 4.43. The molecule has 2 aromatic carbocycles. The van der Waals surface area contributed by atoms with Crippen LogP contribution in [0.15, 0.2) is 47.4 Å². The van der Waals surface area contributed by atoms with E-state index in [4.69, 9.17) is 10.00 Å². The molecule has 2 nitrogen and oxygen atoms in total. The summed E-state index contributed by atoms with van der Waals surface area (Å²) in [6.45, 7) is 0.179. The topological polar surface area (TPSA) is 33.0 Å². The second-order valence-corrected chi connectivity index (χ2v) is 4.70. The third kappa shape index (κ3) is 3.27. The van der Waals surface area contributed by atoms with Crippen LogP contribution in [0.5, 0.6) is 5.75 Å². The predicted molar refractivity (Wildman–Crippen MR) is 73.7 cm³/mol. The van der Waals surface area contributed by atoms with Gasteiger partial charge in [-0.1, -0.05) is 12.1 Å². The molecule has 0 heterocycles. The molecule has 0 fully saturated rings. The molecule has 0 spiro atoms. The number of hydrogen-bond donors (Lipinski definition) is 0. The summed E-state index contributed by atoms with van der Waals surface area (Å²) in [7, 11) is 0. The normalized spacial score (nSPS) is 9.95. The van der Waals surface area contributed by atoms with Crippen LogP contribution in [-0.4, -0.2) is 6.26 Å². The number of para-hydroxylation sites is 1. The van der Waals surface area contributed by atoms with Gasteiger partial charge in [0.1, 0.15) is 18.2 Å². The fourth-order valence-electron chi connectivity index (χ4n) is 1.68. The van der Waals surface area contributed by atoms with Crippen molar-refractivity contribution in [2.24, 2.45) is 0 Å². The molecule has 0 radical (unpaired) electrons. The Labute approximate surface area is 115 Å². The standard InChI is InChI=1S/C15H12FNOS/c1-19-15-5-3-2-4-14(15)18-10-12-8-13(16)7-6-11(12)9-17/h2-8H,10H2,1H3. The zero-order valence-electron chi connectivity index (χ0n) is 10.4. The van der Waals surface area contributed by atoms with Gasteiger partial charge in [0.2, 0.25) is 0 Å². The van der Waals surface area contributed by atoms with E-state index in [0.29, 0.717) is 11.1 Å². The Balaban J connectivity index is 2.19. The highest BCUT2D eigenvalue weighted by Gasteiger charge is 2.06. The fraction of sp³-hybridized carbons (Fsp3) is 0.133. The Morgan fingerprint density at radius 3 is 2.79 bits per heavy atom. The van der Waals surface area contributed by atoms with Crippen LogP contribution in [0, 0.1) is 17.1 Å². The van der Waals surface area contributed by atoms with Crippen LogP contribution in [0.4, 0.5) is 4.39 Å². The highest BCUT2D eigenvalue weighted by Crippen LogP contribution is 2.27. The molecule has 0 saturated carbocycles. The van der Waals surface area contributed by atoms with Crippen LogP contribution < -0.4 is 4.74 Å². The lowest BCUT2D eigenvalue weighted by Gasteiger charge is -2.10. The van der Waals surface area contributed by atoms with Gasteiger partial charge >= 0.3 is 0 Å². The van der Waals surface area contributed by atoms with Gasteiger partial charge < -0.3 is 4.74 Å². The van der Waals surface area contributed by atoms with E-state index in [1.54, 1.807) is 11.8 Å². The van der Waals surface area contributed by atoms with E-state index in [9.17, 15) is 4.39 Å². The van der Waals surface area contributed by atoms with Gasteiger partial charge in [-0.15, -0.1) is 11.8 Å². The summed E-state index contributed by atoms with van der Waals surface area (Å²) in [6.07, 6.45) is 1.96. The first kappa shape index (κ1) is 13.4.